The molecule has 0 bridgehead atoms. The lowest BCUT2D eigenvalue weighted by Gasteiger charge is -2.03. The van der Waals surface area contributed by atoms with E-state index in [0.29, 0.717) is 21.0 Å². The number of hydrogen-bond donors (Lipinski definition) is 3. The van der Waals surface area contributed by atoms with Crippen LogP contribution in [0, 0.1) is 0 Å². The maximum atomic E-state index is 11.7. The zero-order valence-electron chi connectivity index (χ0n) is 8.02. The first kappa shape index (κ1) is 9.23. The first-order valence-electron chi connectivity index (χ1n) is 4.62. The van der Waals surface area contributed by atoms with Crippen molar-refractivity contribution in [1.82, 2.24) is 4.98 Å². The average Bonchev–Trinajstić information content (AvgIpc) is 2.65. The van der Waals surface area contributed by atoms with E-state index >= 15 is 0 Å². The molecule has 0 amide bonds. The Bertz CT molecular complexity index is 757. The van der Waals surface area contributed by atoms with Gasteiger partial charge in [-0.05, 0) is 11.4 Å². The number of nitrogens with one attached hydrogen (secondary N) is 1. The molecular weight excluding hydrogens is 226 g/mol. The Morgan fingerprint density at radius 1 is 1.25 bits per heavy atom. The molecule has 80 valence electrons. The molecule has 0 atom stereocenters. The molecule has 0 saturated carbocycles. The van der Waals surface area contributed by atoms with Gasteiger partial charge in [-0.2, -0.15) is 0 Å². The van der Waals surface area contributed by atoms with Crippen LogP contribution < -0.4 is 5.56 Å². The summed E-state index contributed by atoms with van der Waals surface area (Å²) in [7, 11) is 0. The van der Waals surface area contributed by atoms with Crippen molar-refractivity contribution >= 4 is 32.3 Å². The number of aromatic nitrogens is 1. The van der Waals surface area contributed by atoms with Gasteiger partial charge in [0, 0.05) is 22.9 Å². The lowest BCUT2D eigenvalue weighted by atomic mass is 10.1. The molecule has 3 aromatic rings. The summed E-state index contributed by atoms with van der Waals surface area (Å²) in [5, 5.41) is 22.2. The Balaban J connectivity index is 2.70. The van der Waals surface area contributed by atoms with Crippen molar-refractivity contribution in [3.05, 3.63) is 33.9 Å². The van der Waals surface area contributed by atoms with E-state index in [-0.39, 0.29) is 17.1 Å². The van der Waals surface area contributed by atoms with Crippen molar-refractivity contribution in [3.63, 3.8) is 0 Å². The first-order chi connectivity index (χ1) is 7.66. The number of fused-ring (bicyclic) bond motifs is 3. The third-order valence-corrected chi connectivity index (χ3v) is 3.40. The average molecular weight is 233 g/mol. The molecule has 3 N–H and O–H groups in total. The van der Waals surface area contributed by atoms with Gasteiger partial charge in [-0.1, -0.05) is 0 Å². The smallest absolute Gasteiger partial charge is 0.266 e. The molecule has 16 heavy (non-hydrogen) atoms. The van der Waals surface area contributed by atoms with Crippen LogP contribution in [0.1, 0.15) is 0 Å². The summed E-state index contributed by atoms with van der Waals surface area (Å²) in [6.07, 6.45) is 0. The van der Waals surface area contributed by atoms with Crippen LogP contribution in [0.5, 0.6) is 11.5 Å². The number of H-pyrrole nitrogens is 1. The van der Waals surface area contributed by atoms with Crippen molar-refractivity contribution in [1.29, 1.82) is 0 Å². The largest absolute Gasteiger partial charge is 0.508 e. The second-order valence-electron chi connectivity index (χ2n) is 3.50. The summed E-state index contributed by atoms with van der Waals surface area (Å²) in [5.41, 5.74) is 0.232. The fourth-order valence-electron chi connectivity index (χ4n) is 1.85. The van der Waals surface area contributed by atoms with Crippen molar-refractivity contribution < 1.29 is 10.2 Å². The number of benzene rings is 1. The van der Waals surface area contributed by atoms with Gasteiger partial charge in [0.2, 0.25) is 0 Å². The van der Waals surface area contributed by atoms with Gasteiger partial charge >= 0.3 is 0 Å². The Morgan fingerprint density at radius 3 is 2.88 bits per heavy atom. The van der Waals surface area contributed by atoms with Gasteiger partial charge in [0.1, 0.15) is 16.2 Å². The zero-order valence-corrected chi connectivity index (χ0v) is 8.84. The molecule has 0 aliphatic rings. The van der Waals surface area contributed by atoms with Gasteiger partial charge in [-0.15, -0.1) is 11.3 Å². The van der Waals surface area contributed by atoms with Crippen LogP contribution in [0.4, 0.5) is 0 Å². The molecule has 0 radical (unpaired) electrons. The minimum atomic E-state index is -0.206. The van der Waals surface area contributed by atoms with Crippen LogP contribution in [0.2, 0.25) is 0 Å². The Kier molecular flexibility index (Phi) is 1.73. The lowest BCUT2D eigenvalue weighted by molar-refractivity contribution is 0.455. The van der Waals surface area contributed by atoms with Crippen molar-refractivity contribution in [2.75, 3.05) is 0 Å². The van der Waals surface area contributed by atoms with Crippen LogP contribution in [-0.4, -0.2) is 15.2 Å². The fourth-order valence-corrected chi connectivity index (χ4v) is 2.65. The molecule has 2 heterocycles. The van der Waals surface area contributed by atoms with Crippen molar-refractivity contribution in [2.24, 2.45) is 0 Å². The van der Waals surface area contributed by atoms with Crippen LogP contribution in [0.3, 0.4) is 0 Å². The summed E-state index contributed by atoms with van der Waals surface area (Å²) in [5.74, 6) is -0.107. The summed E-state index contributed by atoms with van der Waals surface area (Å²) in [4.78, 5) is 14.3. The van der Waals surface area contributed by atoms with Gasteiger partial charge in [-0.25, -0.2) is 0 Å². The van der Waals surface area contributed by atoms with Crippen LogP contribution in [0.15, 0.2) is 28.4 Å². The molecule has 5 heteroatoms. The minimum Gasteiger partial charge on any atom is -0.508 e. The number of phenolic OH excluding ortho intramolecular Hbond substituents is 2. The van der Waals surface area contributed by atoms with Crippen molar-refractivity contribution in [2.45, 2.75) is 0 Å². The first-order valence-corrected chi connectivity index (χ1v) is 5.50. The summed E-state index contributed by atoms with van der Waals surface area (Å²) in [6, 6.07) is 4.47. The molecule has 0 aliphatic carbocycles. The maximum absolute atomic E-state index is 11.7. The lowest BCUT2D eigenvalue weighted by Crippen LogP contribution is -2.03. The maximum Gasteiger partial charge on any atom is 0.266 e. The Labute approximate surface area is 93.4 Å². The Hall–Kier alpha value is -2.01. The van der Waals surface area contributed by atoms with Gasteiger partial charge in [0.25, 0.3) is 5.56 Å². The number of aromatic hydroxyl groups is 2. The monoisotopic (exact) mass is 233 g/mol. The van der Waals surface area contributed by atoms with E-state index in [2.05, 4.69) is 4.98 Å². The number of rotatable bonds is 0. The highest BCUT2D eigenvalue weighted by atomic mass is 32.1. The molecule has 0 aliphatic heterocycles. The quantitative estimate of drug-likeness (QED) is 0.557. The highest BCUT2D eigenvalue weighted by molar-refractivity contribution is 7.17. The Morgan fingerprint density at radius 2 is 2.06 bits per heavy atom. The SMILES string of the molecule is O=c1[nH]c2cc(O)cc(O)c2c2ccsc12. The van der Waals surface area contributed by atoms with E-state index in [4.69, 9.17) is 0 Å². The third kappa shape index (κ3) is 1.12. The van der Waals surface area contributed by atoms with E-state index < -0.39 is 0 Å². The molecule has 0 spiro atoms. The number of hydrogen-bond acceptors (Lipinski definition) is 4. The van der Waals surface area contributed by atoms with Crippen LogP contribution >= 0.6 is 11.3 Å². The predicted octanol–water partition coefficient (Wildman–Crippen LogP) is 2.15. The van der Waals surface area contributed by atoms with Gasteiger partial charge in [0.05, 0.1) is 5.52 Å². The van der Waals surface area contributed by atoms with E-state index in [1.807, 2.05) is 0 Å². The number of thiophene rings is 1. The topological polar surface area (TPSA) is 73.3 Å². The zero-order chi connectivity index (χ0) is 11.3. The molecule has 1 aromatic carbocycles. The predicted molar refractivity (Wildman–Crippen MR) is 63.3 cm³/mol. The van der Waals surface area contributed by atoms with Crippen molar-refractivity contribution in [3.8, 4) is 11.5 Å². The number of phenols is 2. The number of aromatic amines is 1. The molecular formula is C11H7NO3S. The summed E-state index contributed by atoms with van der Waals surface area (Å²) >= 11 is 1.32. The van der Waals surface area contributed by atoms with E-state index in [9.17, 15) is 15.0 Å². The van der Waals surface area contributed by atoms with E-state index in [1.165, 1.54) is 23.5 Å². The second-order valence-corrected chi connectivity index (χ2v) is 4.42. The minimum absolute atomic E-state index is 0.0327. The van der Waals surface area contributed by atoms with Gasteiger partial charge < -0.3 is 15.2 Å². The van der Waals surface area contributed by atoms with E-state index in [1.54, 1.807) is 11.4 Å². The fraction of sp³-hybridized carbons (Fsp3) is 0. The number of pyridine rings is 1. The summed E-state index contributed by atoms with van der Waals surface area (Å²) in [6.45, 7) is 0. The summed E-state index contributed by atoms with van der Waals surface area (Å²) < 4.78 is 0.577. The highest BCUT2D eigenvalue weighted by Crippen LogP contribution is 2.34. The molecule has 3 rings (SSSR count). The molecule has 4 nitrogen and oxygen atoms in total. The standard InChI is InChI=1S/C11H7NO3S/c13-5-3-7-9(8(14)4-5)6-1-2-16-10(6)11(15)12-7/h1-4,13-14H,(H,12,15). The van der Waals surface area contributed by atoms with Gasteiger partial charge in [-0.3, -0.25) is 4.79 Å². The van der Waals surface area contributed by atoms with Gasteiger partial charge in [0.15, 0.2) is 0 Å². The third-order valence-electron chi connectivity index (χ3n) is 2.49. The molecule has 0 saturated heterocycles. The molecule has 0 unspecified atom stereocenters. The molecule has 0 fully saturated rings. The second kappa shape index (κ2) is 2.99. The van der Waals surface area contributed by atoms with Crippen LogP contribution in [0.25, 0.3) is 21.0 Å². The van der Waals surface area contributed by atoms with E-state index in [0.717, 1.165) is 0 Å². The molecule has 2 aromatic heterocycles. The highest BCUT2D eigenvalue weighted by Gasteiger charge is 2.10. The van der Waals surface area contributed by atoms with Crippen LogP contribution in [-0.2, 0) is 0 Å². The normalized spacial score (nSPS) is 11.2.